The van der Waals surface area contributed by atoms with E-state index >= 15 is 0 Å². The fourth-order valence-electron chi connectivity index (χ4n) is 2.18. The molecule has 0 radical (unpaired) electrons. The number of benzene rings is 1. The molecule has 0 bridgehead atoms. The van der Waals surface area contributed by atoms with Crippen LogP contribution in [0.15, 0.2) is 18.2 Å². The van der Waals surface area contributed by atoms with Crippen molar-refractivity contribution in [2.45, 2.75) is 25.9 Å². The van der Waals surface area contributed by atoms with E-state index in [0.29, 0.717) is 5.56 Å². The normalized spacial score (nSPS) is 15.9. The lowest BCUT2D eigenvalue weighted by atomic mass is 10.1. The Balaban J connectivity index is 2.29. The number of nitrogens with zero attached hydrogens (tertiary/aromatic N) is 2. The predicted molar refractivity (Wildman–Crippen MR) is 63.1 cm³/mol. The Labute approximate surface area is 95.9 Å². The van der Waals surface area contributed by atoms with Gasteiger partial charge in [0.15, 0.2) is 0 Å². The second-order valence-corrected chi connectivity index (χ2v) is 4.17. The molecule has 0 unspecified atom stereocenters. The molecule has 1 saturated heterocycles. The fraction of sp³-hybridized carbons (Fsp3) is 0.462. The van der Waals surface area contributed by atoms with Crippen LogP contribution >= 0.6 is 0 Å². The van der Waals surface area contributed by atoms with E-state index < -0.39 is 0 Å². The molecule has 0 aliphatic carbocycles. The maximum absolute atomic E-state index is 9.11. The van der Waals surface area contributed by atoms with Gasteiger partial charge in [0.1, 0.15) is 6.07 Å². The van der Waals surface area contributed by atoms with Gasteiger partial charge in [-0.3, -0.25) is 0 Å². The average molecular weight is 216 g/mol. The second kappa shape index (κ2) is 5.00. The Bertz CT molecular complexity index is 403. The number of hydrogen-bond acceptors (Lipinski definition) is 3. The molecular formula is C13H16N2O. The minimum absolute atomic E-state index is 0.00500. The Morgan fingerprint density at radius 2 is 2.00 bits per heavy atom. The molecule has 0 aromatic heterocycles. The van der Waals surface area contributed by atoms with Crippen LogP contribution in [0.2, 0.25) is 0 Å². The Morgan fingerprint density at radius 3 is 2.62 bits per heavy atom. The van der Waals surface area contributed by atoms with Crippen LogP contribution in [0, 0.1) is 11.3 Å². The number of aliphatic hydroxyl groups excluding tert-OH is 1. The van der Waals surface area contributed by atoms with Crippen molar-refractivity contribution < 1.29 is 5.11 Å². The van der Waals surface area contributed by atoms with Crippen LogP contribution in [0.3, 0.4) is 0 Å². The van der Waals surface area contributed by atoms with Crippen molar-refractivity contribution >= 4 is 5.69 Å². The number of aliphatic hydroxyl groups is 1. The summed E-state index contributed by atoms with van der Waals surface area (Å²) in [6, 6.07) is 7.84. The zero-order valence-corrected chi connectivity index (χ0v) is 9.32. The second-order valence-electron chi connectivity index (χ2n) is 4.17. The van der Waals surface area contributed by atoms with Gasteiger partial charge in [-0.25, -0.2) is 0 Å². The maximum atomic E-state index is 9.11. The van der Waals surface area contributed by atoms with Crippen LogP contribution in [-0.4, -0.2) is 18.2 Å². The summed E-state index contributed by atoms with van der Waals surface area (Å²) < 4.78 is 0. The van der Waals surface area contributed by atoms with Gasteiger partial charge in [0, 0.05) is 13.1 Å². The van der Waals surface area contributed by atoms with Crippen LogP contribution in [0.4, 0.5) is 5.69 Å². The van der Waals surface area contributed by atoms with Crippen molar-refractivity contribution in [3.8, 4) is 6.07 Å². The minimum Gasteiger partial charge on any atom is -0.392 e. The smallest absolute Gasteiger partial charge is 0.101 e. The molecule has 84 valence electrons. The Kier molecular flexibility index (Phi) is 3.43. The lowest BCUT2D eigenvalue weighted by Gasteiger charge is -2.29. The first-order valence-corrected chi connectivity index (χ1v) is 5.74. The summed E-state index contributed by atoms with van der Waals surface area (Å²) in [5.41, 5.74) is 2.49. The molecule has 0 atom stereocenters. The van der Waals surface area contributed by atoms with Gasteiger partial charge in [0.05, 0.1) is 17.9 Å². The van der Waals surface area contributed by atoms with Gasteiger partial charge in [-0.2, -0.15) is 5.26 Å². The van der Waals surface area contributed by atoms with Crippen molar-refractivity contribution in [1.29, 1.82) is 5.26 Å². The number of piperidine rings is 1. The van der Waals surface area contributed by atoms with E-state index in [4.69, 9.17) is 10.4 Å². The van der Waals surface area contributed by atoms with E-state index in [2.05, 4.69) is 11.0 Å². The lowest BCUT2D eigenvalue weighted by Crippen LogP contribution is -2.30. The van der Waals surface area contributed by atoms with E-state index in [0.717, 1.165) is 24.3 Å². The molecule has 1 aliphatic rings. The van der Waals surface area contributed by atoms with Crippen molar-refractivity contribution in [3.05, 3.63) is 29.3 Å². The molecule has 2 rings (SSSR count). The predicted octanol–water partition coefficient (Wildman–Crippen LogP) is 2.04. The maximum Gasteiger partial charge on any atom is 0.101 e. The quantitative estimate of drug-likeness (QED) is 0.823. The van der Waals surface area contributed by atoms with Gasteiger partial charge >= 0.3 is 0 Å². The SMILES string of the molecule is N#Cc1cc(CO)ccc1N1CCCCC1. The summed E-state index contributed by atoms with van der Waals surface area (Å²) in [7, 11) is 0. The first kappa shape index (κ1) is 11.0. The van der Waals surface area contributed by atoms with E-state index in [9.17, 15) is 0 Å². The molecule has 1 aliphatic heterocycles. The molecule has 1 aromatic carbocycles. The minimum atomic E-state index is -0.00500. The topological polar surface area (TPSA) is 47.3 Å². The van der Waals surface area contributed by atoms with Crippen LogP contribution in [0.25, 0.3) is 0 Å². The molecule has 0 amide bonds. The van der Waals surface area contributed by atoms with Gasteiger partial charge < -0.3 is 10.0 Å². The third kappa shape index (κ3) is 2.17. The van der Waals surface area contributed by atoms with Crippen LogP contribution in [0.1, 0.15) is 30.4 Å². The Morgan fingerprint density at radius 1 is 1.25 bits per heavy atom. The summed E-state index contributed by atoms with van der Waals surface area (Å²) in [6.45, 7) is 2.06. The molecule has 1 N–H and O–H groups in total. The van der Waals surface area contributed by atoms with Crippen LogP contribution in [-0.2, 0) is 6.61 Å². The van der Waals surface area contributed by atoms with Gasteiger partial charge in [-0.1, -0.05) is 6.07 Å². The van der Waals surface area contributed by atoms with Crippen molar-refractivity contribution in [3.63, 3.8) is 0 Å². The van der Waals surface area contributed by atoms with Crippen LogP contribution < -0.4 is 4.90 Å². The molecule has 0 spiro atoms. The van der Waals surface area contributed by atoms with Crippen molar-refractivity contribution in [2.24, 2.45) is 0 Å². The summed E-state index contributed by atoms with van der Waals surface area (Å²) in [5.74, 6) is 0. The Hall–Kier alpha value is -1.53. The number of hydrogen-bond donors (Lipinski definition) is 1. The largest absolute Gasteiger partial charge is 0.392 e. The highest BCUT2D eigenvalue weighted by Gasteiger charge is 2.14. The number of anilines is 1. The zero-order chi connectivity index (χ0) is 11.4. The lowest BCUT2D eigenvalue weighted by molar-refractivity contribution is 0.282. The third-order valence-electron chi connectivity index (χ3n) is 3.06. The van der Waals surface area contributed by atoms with E-state index in [1.165, 1.54) is 19.3 Å². The molecule has 1 aromatic rings. The summed E-state index contributed by atoms with van der Waals surface area (Å²) in [6.07, 6.45) is 3.69. The summed E-state index contributed by atoms with van der Waals surface area (Å²) in [4.78, 5) is 2.27. The third-order valence-corrected chi connectivity index (χ3v) is 3.06. The van der Waals surface area contributed by atoms with E-state index in [-0.39, 0.29) is 6.61 Å². The van der Waals surface area contributed by atoms with Gasteiger partial charge in [-0.15, -0.1) is 0 Å². The summed E-state index contributed by atoms with van der Waals surface area (Å²) in [5, 5.41) is 18.1. The first-order chi connectivity index (χ1) is 7.85. The fourth-order valence-corrected chi connectivity index (χ4v) is 2.18. The van der Waals surface area contributed by atoms with Gasteiger partial charge in [-0.05, 0) is 37.0 Å². The van der Waals surface area contributed by atoms with Crippen LogP contribution in [0.5, 0.6) is 0 Å². The molecule has 3 heteroatoms. The zero-order valence-electron chi connectivity index (χ0n) is 9.32. The highest BCUT2D eigenvalue weighted by atomic mass is 16.3. The molecule has 1 heterocycles. The monoisotopic (exact) mass is 216 g/mol. The highest BCUT2D eigenvalue weighted by molar-refractivity contribution is 5.60. The highest BCUT2D eigenvalue weighted by Crippen LogP contribution is 2.24. The van der Waals surface area contributed by atoms with Crippen molar-refractivity contribution in [2.75, 3.05) is 18.0 Å². The number of rotatable bonds is 2. The summed E-state index contributed by atoms with van der Waals surface area (Å²) >= 11 is 0. The molecular weight excluding hydrogens is 200 g/mol. The molecule has 0 saturated carbocycles. The van der Waals surface area contributed by atoms with Crippen molar-refractivity contribution in [1.82, 2.24) is 0 Å². The standard InChI is InChI=1S/C13H16N2O/c14-9-12-8-11(10-16)4-5-13(12)15-6-2-1-3-7-15/h4-5,8,16H,1-3,6-7,10H2. The average Bonchev–Trinajstić information content (AvgIpc) is 2.39. The van der Waals surface area contributed by atoms with E-state index in [1.807, 2.05) is 12.1 Å². The molecule has 16 heavy (non-hydrogen) atoms. The van der Waals surface area contributed by atoms with E-state index in [1.54, 1.807) is 6.07 Å². The first-order valence-electron chi connectivity index (χ1n) is 5.74. The molecule has 1 fully saturated rings. The van der Waals surface area contributed by atoms with Gasteiger partial charge in [0.2, 0.25) is 0 Å². The molecule has 3 nitrogen and oxygen atoms in total. The van der Waals surface area contributed by atoms with Gasteiger partial charge in [0.25, 0.3) is 0 Å². The number of nitriles is 1.